The van der Waals surface area contributed by atoms with Crippen molar-refractivity contribution in [3.63, 3.8) is 0 Å². The lowest BCUT2D eigenvalue weighted by Crippen LogP contribution is -2.35. The standard InChI is InChI=1S/C15H18N2O2S2/c1-2-13-6-8-15(20-13)21(18,19)17-9-3-4-11-10-12(16)5-7-14(11)17/h5-8,10H,2-4,9,16H2,1H3. The van der Waals surface area contributed by atoms with E-state index in [-0.39, 0.29) is 0 Å². The Balaban J connectivity index is 2.05. The number of thiophene rings is 1. The summed E-state index contributed by atoms with van der Waals surface area (Å²) < 4.78 is 27.7. The second-order valence-electron chi connectivity index (χ2n) is 5.14. The minimum absolute atomic E-state index is 0.420. The smallest absolute Gasteiger partial charge is 0.273 e. The zero-order valence-corrected chi connectivity index (χ0v) is 13.5. The van der Waals surface area contributed by atoms with Crippen LogP contribution in [0.3, 0.4) is 0 Å². The monoisotopic (exact) mass is 322 g/mol. The average Bonchev–Trinajstić information content (AvgIpc) is 2.96. The molecule has 0 saturated heterocycles. The summed E-state index contributed by atoms with van der Waals surface area (Å²) in [5.74, 6) is 0. The molecule has 2 heterocycles. The predicted molar refractivity (Wildman–Crippen MR) is 87.4 cm³/mol. The second kappa shape index (κ2) is 5.35. The van der Waals surface area contributed by atoms with Crippen LogP contribution in [0.1, 0.15) is 23.8 Å². The van der Waals surface area contributed by atoms with Crippen molar-refractivity contribution in [3.05, 3.63) is 40.8 Å². The van der Waals surface area contributed by atoms with Gasteiger partial charge in [0.05, 0.1) is 5.69 Å². The summed E-state index contributed by atoms with van der Waals surface area (Å²) in [5.41, 5.74) is 8.26. The Bertz CT molecular complexity index is 766. The van der Waals surface area contributed by atoms with Crippen LogP contribution in [0.25, 0.3) is 0 Å². The normalized spacial score (nSPS) is 15.0. The Labute approximate surface area is 129 Å². The highest BCUT2D eigenvalue weighted by Crippen LogP contribution is 2.35. The third-order valence-corrected chi connectivity index (χ3v) is 7.22. The SMILES string of the molecule is CCc1ccc(S(=O)(=O)N2CCCc3cc(N)ccc32)s1. The van der Waals surface area contributed by atoms with Crippen molar-refractivity contribution in [1.82, 2.24) is 0 Å². The van der Waals surface area contributed by atoms with Crippen LogP contribution in [0.4, 0.5) is 11.4 Å². The van der Waals surface area contributed by atoms with Crippen LogP contribution in [0.5, 0.6) is 0 Å². The van der Waals surface area contributed by atoms with Crippen LogP contribution in [-0.2, 0) is 22.9 Å². The van der Waals surface area contributed by atoms with Gasteiger partial charge in [-0.05, 0) is 55.2 Å². The second-order valence-corrected chi connectivity index (χ2v) is 8.40. The molecular weight excluding hydrogens is 304 g/mol. The molecule has 1 aromatic carbocycles. The molecule has 0 fully saturated rings. The number of benzene rings is 1. The van der Waals surface area contributed by atoms with E-state index in [0.29, 0.717) is 16.4 Å². The number of hydrogen-bond acceptors (Lipinski definition) is 4. The van der Waals surface area contributed by atoms with Gasteiger partial charge in [0.15, 0.2) is 0 Å². The van der Waals surface area contributed by atoms with Gasteiger partial charge in [-0.25, -0.2) is 8.42 Å². The van der Waals surface area contributed by atoms with Gasteiger partial charge >= 0.3 is 0 Å². The molecule has 2 N–H and O–H groups in total. The van der Waals surface area contributed by atoms with Gasteiger partial charge in [-0.15, -0.1) is 11.3 Å². The topological polar surface area (TPSA) is 63.4 Å². The van der Waals surface area contributed by atoms with Crippen molar-refractivity contribution >= 4 is 32.7 Å². The molecule has 0 aliphatic carbocycles. The van der Waals surface area contributed by atoms with Crippen molar-refractivity contribution in [1.29, 1.82) is 0 Å². The minimum Gasteiger partial charge on any atom is -0.399 e. The van der Waals surface area contributed by atoms with Crippen LogP contribution in [0, 0.1) is 0 Å². The van der Waals surface area contributed by atoms with Gasteiger partial charge in [-0.1, -0.05) is 6.92 Å². The van der Waals surface area contributed by atoms with Crippen LogP contribution >= 0.6 is 11.3 Å². The van der Waals surface area contributed by atoms with Crippen LogP contribution in [0.2, 0.25) is 0 Å². The molecule has 0 amide bonds. The number of aryl methyl sites for hydroxylation is 2. The molecule has 2 aromatic rings. The molecule has 0 radical (unpaired) electrons. The maximum Gasteiger partial charge on any atom is 0.273 e. The summed E-state index contributed by atoms with van der Waals surface area (Å²) in [7, 11) is -3.47. The van der Waals surface area contributed by atoms with E-state index >= 15 is 0 Å². The fourth-order valence-electron chi connectivity index (χ4n) is 2.63. The van der Waals surface area contributed by atoms with E-state index in [4.69, 9.17) is 5.73 Å². The van der Waals surface area contributed by atoms with E-state index < -0.39 is 10.0 Å². The quantitative estimate of drug-likeness (QED) is 0.884. The van der Waals surface area contributed by atoms with E-state index in [0.717, 1.165) is 35.4 Å². The van der Waals surface area contributed by atoms with Crippen molar-refractivity contribution in [3.8, 4) is 0 Å². The molecule has 0 bridgehead atoms. The molecule has 112 valence electrons. The summed E-state index contributed by atoms with van der Waals surface area (Å²) >= 11 is 1.36. The Morgan fingerprint density at radius 3 is 2.81 bits per heavy atom. The van der Waals surface area contributed by atoms with Crippen molar-refractivity contribution in [2.45, 2.75) is 30.4 Å². The number of nitrogen functional groups attached to an aromatic ring is 1. The lowest BCUT2D eigenvalue weighted by atomic mass is 10.0. The molecule has 1 aromatic heterocycles. The Kier molecular flexibility index (Phi) is 3.67. The average molecular weight is 322 g/mol. The van der Waals surface area contributed by atoms with E-state index in [1.165, 1.54) is 15.6 Å². The van der Waals surface area contributed by atoms with Gasteiger partial charge in [0, 0.05) is 17.1 Å². The summed E-state index contributed by atoms with van der Waals surface area (Å²) in [6, 6.07) is 9.06. The first-order valence-corrected chi connectivity index (χ1v) is 9.28. The first-order valence-electron chi connectivity index (χ1n) is 7.02. The van der Waals surface area contributed by atoms with Crippen molar-refractivity contribution < 1.29 is 8.42 Å². The fourth-order valence-corrected chi connectivity index (χ4v) is 5.58. The summed E-state index contributed by atoms with van der Waals surface area (Å²) in [4.78, 5) is 1.09. The highest BCUT2D eigenvalue weighted by molar-refractivity contribution is 7.94. The highest BCUT2D eigenvalue weighted by Gasteiger charge is 2.30. The molecule has 0 unspecified atom stereocenters. The maximum absolute atomic E-state index is 12.9. The Morgan fingerprint density at radius 1 is 1.29 bits per heavy atom. The number of hydrogen-bond donors (Lipinski definition) is 1. The van der Waals surface area contributed by atoms with Gasteiger partial charge in [-0.2, -0.15) is 0 Å². The number of fused-ring (bicyclic) bond motifs is 1. The van der Waals surface area contributed by atoms with Gasteiger partial charge in [0.25, 0.3) is 10.0 Å². The first kappa shape index (κ1) is 14.4. The molecule has 1 aliphatic rings. The summed E-state index contributed by atoms with van der Waals surface area (Å²) in [6.07, 6.45) is 2.55. The lowest BCUT2D eigenvalue weighted by molar-refractivity contribution is 0.588. The maximum atomic E-state index is 12.9. The van der Waals surface area contributed by atoms with E-state index in [9.17, 15) is 8.42 Å². The largest absolute Gasteiger partial charge is 0.399 e. The van der Waals surface area contributed by atoms with Gasteiger partial charge in [0.2, 0.25) is 0 Å². The molecule has 6 heteroatoms. The van der Waals surface area contributed by atoms with Crippen molar-refractivity contribution in [2.24, 2.45) is 0 Å². The third kappa shape index (κ3) is 2.53. The Hall–Kier alpha value is -1.53. The number of nitrogens with zero attached hydrogens (tertiary/aromatic N) is 1. The summed E-state index contributed by atoms with van der Waals surface area (Å²) in [5, 5.41) is 0. The molecule has 4 nitrogen and oxygen atoms in total. The highest BCUT2D eigenvalue weighted by atomic mass is 32.2. The molecule has 0 spiro atoms. The first-order chi connectivity index (χ1) is 10.0. The zero-order chi connectivity index (χ0) is 15.0. The van der Waals surface area contributed by atoms with Gasteiger partial charge in [0.1, 0.15) is 4.21 Å². The number of nitrogens with two attached hydrogens (primary N) is 1. The fraction of sp³-hybridized carbons (Fsp3) is 0.333. The van der Waals surface area contributed by atoms with Crippen molar-refractivity contribution in [2.75, 3.05) is 16.6 Å². The number of rotatable bonds is 3. The molecule has 21 heavy (non-hydrogen) atoms. The number of sulfonamides is 1. The van der Waals surface area contributed by atoms with Gasteiger partial charge in [-0.3, -0.25) is 4.31 Å². The molecule has 3 rings (SSSR count). The van der Waals surface area contributed by atoms with E-state index in [1.54, 1.807) is 12.1 Å². The van der Waals surface area contributed by atoms with Crippen LogP contribution in [0.15, 0.2) is 34.5 Å². The molecule has 0 atom stereocenters. The third-order valence-electron chi connectivity index (χ3n) is 3.71. The predicted octanol–water partition coefficient (Wildman–Crippen LogP) is 3.03. The van der Waals surface area contributed by atoms with E-state index in [1.807, 2.05) is 25.1 Å². The zero-order valence-electron chi connectivity index (χ0n) is 11.9. The summed E-state index contributed by atoms with van der Waals surface area (Å²) in [6.45, 7) is 2.56. The lowest BCUT2D eigenvalue weighted by Gasteiger charge is -2.30. The van der Waals surface area contributed by atoms with Crippen LogP contribution in [-0.4, -0.2) is 15.0 Å². The number of anilines is 2. The van der Waals surface area contributed by atoms with Crippen LogP contribution < -0.4 is 10.0 Å². The minimum atomic E-state index is -3.47. The molecule has 0 saturated carbocycles. The molecular formula is C15H18N2O2S2. The van der Waals surface area contributed by atoms with E-state index in [2.05, 4.69) is 0 Å². The molecule has 1 aliphatic heterocycles. The Morgan fingerprint density at radius 2 is 2.10 bits per heavy atom. The van der Waals surface area contributed by atoms with Gasteiger partial charge < -0.3 is 5.73 Å².